The van der Waals surface area contributed by atoms with Crippen LogP contribution in [-0.4, -0.2) is 12.3 Å². The highest BCUT2D eigenvalue weighted by atomic mass is 127. The van der Waals surface area contributed by atoms with Crippen molar-refractivity contribution in [2.24, 2.45) is 0 Å². The average molecular weight is 1950 g/mol. The Bertz CT molecular complexity index is 5440. The van der Waals surface area contributed by atoms with E-state index in [2.05, 4.69) is 157 Å². The third-order valence-electron chi connectivity index (χ3n) is 19.0. The first-order valence-corrected chi connectivity index (χ1v) is 36.3. The molecule has 13 rings (SSSR count). The summed E-state index contributed by atoms with van der Waals surface area (Å²) in [6, 6.07) is 46.3. The molecule has 45 heteroatoms. The Labute approximate surface area is 685 Å². The fraction of sp³-hybridized carbons (Fsp3) is 0.0127. The zero-order valence-electron chi connectivity index (χ0n) is 59.1. The lowest BCUT2D eigenvalue weighted by molar-refractivity contribution is -0.326. The molecular weight excluding hydrogens is 1920 g/mol. The largest absolute Gasteiger partial charge is 0.297 e. The normalized spacial score (nSPS) is 11.7. The highest BCUT2D eigenvalue weighted by molar-refractivity contribution is 7.99. The van der Waals surface area contributed by atoms with Gasteiger partial charge in [-0.15, -0.1) is 43.7 Å². The van der Waals surface area contributed by atoms with Crippen LogP contribution in [0.2, 0.25) is 0 Å². The molecule has 0 aliphatic rings. The summed E-state index contributed by atoms with van der Waals surface area (Å²) < 4.78 is 589. The molecule has 0 aromatic heterocycles. The van der Waals surface area contributed by atoms with Gasteiger partial charge in [-0.25, -0.2) is 176 Å². The van der Waals surface area contributed by atoms with Crippen molar-refractivity contribution in [1.29, 1.82) is 0 Å². The second kappa shape index (κ2) is 35.3. The van der Waals surface area contributed by atoms with Crippen molar-refractivity contribution in [1.82, 2.24) is 0 Å². The standard InChI is InChI=1S/C31H25IS2.2C24BF20/c1-23-12-21-31(32)30(22-23)24-13-15-25(16-14-24)33-26-17-19-29(20-18-26)34(27-8-4-2-5-9-27)28-10-6-3-7-11-28;2*26-5-1(6(27)14(35)21(42)13(5)34)25(2-7(28)15(36)22(43)16(37)8(2)29,3-9(30)17(38)23(44)18(39)10(3)31)4-11(32)19(40)24(45)20(41)12(4)33/h2-22,32H,1H3;;/q+2;2*-1. The molecular formula is C79H25B2F40IS2. The van der Waals surface area contributed by atoms with Gasteiger partial charge in [0.2, 0.25) is 0 Å². The van der Waals surface area contributed by atoms with Gasteiger partial charge in [0, 0.05) is 15.4 Å². The Balaban J connectivity index is 0.000000183. The molecule has 646 valence electrons. The lowest BCUT2D eigenvalue weighted by Crippen LogP contribution is -3.34. The van der Waals surface area contributed by atoms with E-state index < -0.39 is 289 Å². The molecule has 0 saturated heterocycles. The van der Waals surface area contributed by atoms with Crippen LogP contribution in [0.5, 0.6) is 0 Å². The van der Waals surface area contributed by atoms with Crippen LogP contribution >= 0.6 is 11.8 Å². The minimum absolute atomic E-state index is 0.107. The predicted molar refractivity (Wildman–Crippen MR) is 361 cm³/mol. The summed E-state index contributed by atoms with van der Waals surface area (Å²) in [7, 11) is -0.107. The monoisotopic (exact) mass is 1950 g/mol. The van der Waals surface area contributed by atoms with E-state index in [0.717, 1.165) is 0 Å². The quantitative estimate of drug-likeness (QED) is 0.0261. The van der Waals surface area contributed by atoms with E-state index >= 15 is 70.2 Å². The zero-order valence-corrected chi connectivity index (χ0v) is 63.1. The predicted octanol–water partition coefficient (Wildman–Crippen LogP) is 17.1. The Hall–Kier alpha value is -11.4. The third-order valence-corrected chi connectivity index (χ3v) is 23.2. The van der Waals surface area contributed by atoms with E-state index in [1.807, 2.05) is 11.8 Å². The van der Waals surface area contributed by atoms with Crippen LogP contribution in [0.25, 0.3) is 11.1 Å². The second-order valence-electron chi connectivity index (χ2n) is 25.6. The maximum absolute atomic E-state index is 15.4. The zero-order chi connectivity index (χ0) is 92.0. The lowest BCUT2D eigenvalue weighted by Gasteiger charge is -2.44. The maximum Gasteiger partial charge on any atom is 0.297 e. The van der Waals surface area contributed by atoms with E-state index in [1.165, 1.54) is 44.7 Å². The molecule has 124 heavy (non-hydrogen) atoms. The van der Waals surface area contributed by atoms with Crippen molar-refractivity contribution in [3.63, 3.8) is 0 Å². The van der Waals surface area contributed by atoms with E-state index in [-0.39, 0.29) is 10.9 Å². The maximum atomic E-state index is 15.4. The second-order valence-corrected chi connectivity index (χ2v) is 30.1. The molecule has 0 aliphatic heterocycles. The third kappa shape index (κ3) is 15.0. The Kier molecular flexibility index (Phi) is 26.6. The molecule has 0 bridgehead atoms. The van der Waals surface area contributed by atoms with Gasteiger partial charge >= 0.3 is 0 Å². The molecule has 0 N–H and O–H groups in total. The van der Waals surface area contributed by atoms with Crippen molar-refractivity contribution in [3.05, 3.63) is 369 Å². The van der Waals surface area contributed by atoms with Gasteiger partial charge in [-0.1, -0.05) is 71.9 Å². The molecule has 0 radical (unpaired) electrons. The van der Waals surface area contributed by atoms with Gasteiger partial charge in [0.05, 0.1) is 10.9 Å². The molecule has 0 heterocycles. The van der Waals surface area contributed by atoms with Gasteiger partial charge in [0.25, 0.3) is 22.6 Å². The number of hydrogen-bond donors (Lipinski definition) is 0. The summed E-state index contributed by atoms with van der Waals surface area (Å²) in [5.41, 5.74) is -24.8. The summed E-state index contributed by atoms with van der Waals surface area (Å²) in [6.07, 6.45) is -14.4. The van der Waals surface area contributed by atoms with Crippen LogP contribution in [0.4, 0.5) is 176 Å². The molecule has 0 atom stereocenters. The van der Waals surface area contributed by atoms with Gasteiger partial charge < -0.3 is 0 Å². The summed E-state index contributed by atoms with van der Waals surface area (Å²) in [5, 5.41) is 0. The van der Waals surface area contributed by atoms with Crippen molar-refractivity contribution in [2.45, 2.75) is 31.4 Å². The molecule has 0 aliphatic carbocycles. The molecule has 13 aromatic carbocycles. The first-order valence-electron chi connectivity index (χ1n) is 33.0. The smallest absolute Gasteiger partial charge is 0.207 e. The Morgan fingerprint density at radius 1 is 0.202 bits per heavy atom. The highest BCUT2D eigenvalue weighted by Gasteiger charge is 2.55. The van der Waals surface area contributed by atoms with Crippen LogP contribution in [0.3, 0.4) is 0 Å². The molecule has 0 saturated carbocycles. The summed E-state index contributed by atoms with van der Waals surface area (Å²) in [6.45, 7) is 2.15. The topological polar surface area (TPSA) is 0 Å². The van der Waals surface area contributed by atoms with Gasteiger partial charge in [0.15, 0.2) is 158 Å². The van der Waals surface area contributed by atoms with Gasteiger partial charge in [0.1, 0.15) is 105 Å². The van der Waals surface area contributed by atoms with Crippen molar-refractivity contribution in [3.8, 4) is 11.1 Å². The fourth-order valence-electron chi connectivity index (χ4n) is 13.6. The van der Waals surface area contributed by atoms with Gasteiger partial charge in [-0.3, -0.25) is 0 Å². The highest BCUT2D eigenvalue weighted by Crippen LogP contribution is 2.39. The van der Waals surface area contributed by atoms with Crippen molar-refractivity contribution < 1.29 is 198 Å². The van der Waals surface area contributed by atoms with Crippen molar-refractivity contribution >= 4 is 78.7 Å². The van der Waals surface area contributed by atoms with E-state index in [4.69, 9.17) is 0 Å². The van der Waals surface area contributed by atoms with Crippen LogP contribution in [-0.2, 0) is 10.9 Å². The minimum atomic E-state index is -7.22. The SMILES string of the molecule is Cc1ccc([IH+])c(-c2ccc(Sc3ccc([S+](c4ccccc4)c4ccccc4)cc3)cc2)c1.Fc1c(F)c(F)c([B-](c2c(F)c(F)c(F)c(F)c2F)(c2c(F)c(F)c(F)c(F)c2F)c2c(F)c(F)c(F)c(F)c2F)c(F)c1F.Fc1c(F)c(F)c([B-](c2c(F)c(F)c(F)c(F)c2F)(c2c(F)c(F)c(F)c(F)c2F)c2c(F)c(F)c(F)c(F)c2F)c(F)c1F. The number of halogens is 41. The van der Waals surface area contributed by atoms with Crippen LogP contribution < -0.4 is 66.3 Å². The van der Waals surface area contributed by atoms with Crippen molar-refractivity contribution in [2.75, 3.05) is 0 Å². The Morgan fingerprint density at radius 3 is 0.565 bits per heavy atom. The number of benzene rings is 13. The van der Waals surface area contributed by atoms with E-state index in [1.54, 1.807) is 0 Å². The molecule has 0 unspecified atom stereocenters. The van der Waals surface area contributed by atoms with Crippen LogP contribution in [0, 0.1) is 243 Å². The summed E-state index contributed by atoms with van der Waals surface area (Å²) in [5.74, 6) is -143. The summed E-state index contributed by atoms with van der Waals surface area (Å²) in [4.78, 5) is 6.54. The van der Waals surface area contributed by atoms with E-state index in [0.29, 0.717) is 0 Å². The molecule has 0 nitrogen and oxygen atoms in total. The van der Waals surface area contributed by atoms with Crippen LogP contribution in [0.15, 0.2) is 152 Å². The van der Waals surface area contributed by atoms with Crippen LogP contribution in [0.1, 0.15) is 5.56 Å². The number of rotatable bonds is 14. The molecule has 13 aromatic rings. The number of hydrogen-bond acceptors (Lipinski definition) is 1. The first-order chi connectivity index (χ1) is 58.1. The number of aryl methyl sites for hydroxylation is 1. The van der Waals surface area contributed by atoms with E-state index in [9.17, 15) is 105 Å². The fourth-order valence-corrected chi connectivity index (χ4v) is 17.2. The van der Waals surface area contributed by atoms with Gasteiger partial charge in [-0.05, 0) is 85.3 Å². The van der Waals surface area contributed by atoms with Gasteiger partial charge in [-0.2, -0.15) is 0 Å². The summed E-state index contributed by atoms with van der Waals surface area (Å²) >= 11 is 3.91. The molecule has 0 spiro atoms. The lowest BCUT2D eigenvalue weighted by atomic mass is 9.12. The Morgan fingerprint density at radius 2 is 0.371 bits per heavy atom. The molecule has 0 amide bonds. The minimum Gasteiger partial charge on any atom is -0.207 e. The molecule has 0 fully saturated rings. The average Bonchev–Trinajstić information content (AvgIpc) is 0.684. The first kappa shape index (κ1) is 93.3.